The number of amides is 1. The van der Waals surface area contributed by atoms with E-state index >= 15 is 0 Å². The van der Waals surface area contributed by atoms with Crippen LogP contribution >= 0.6 is 0 Å². The fourth-order valence-corrected chi connectivity index (χ4v) is 4.88. The standard InChI is InChI=1S/C17H21NO3/c1-21-13-5-4-12(7-11(13)8-19)18-17(20)16-14-9-2-3-10(6-9)15(14)16/h4-5,7,9-10,14-16,19H,2-3,6,8H2,1H3,(H,18,20). The number of nitrogens with one attached hydrogen (secondary N) is 1. The van der Waals surface area contributed by atoms with E-state index in [9.17, 15) is 9.90 Å². The molecule has 3 aliphatic rings. The summed E-state index contributed by atoms with van der Waals surface area (Å²) in [7, 11) is 1.58. The van der Waals surface area contributed by atoms with Crippen LogP contribution in [0.15, 0.2) is 18.2 Å². The van der Waals surface area contributed by atoms with Gasteiger partial charge in [0.2, 0.25) is 5.91 Å². The summed E-state index contributed by atoms with van der Waals surface area (Å²) in [5.41, 5.74) is 1.45. The van der Waals surface area contributed by atoms with Crippen molar-refractivity contribution in [3.63, 3.8) is 0 Å². The van der Waals surface area contributed by atoms with Gasteiger partial charge in [0.1, 0.15) is 5.75 Å². The lowest BCUT2D eigenvalue weighted by Crippen LogP contribution is -2.18. The predicted octanol–water partition coefficient (Wildman–Crippen LogP) is 2.42. The van der Waals surface area contributed by atoms with Gasteiger partial charge < -0.3 is 15.2 Å². The maximum absolute atomic E-state index is 12.5. The van der Waals surface area contributed by atoms with Gasteiger partial charge in [0.05, 0.1) is 13.7 Å². The third-order valence-electron chi connectivity index (χ3n) is 5.76. The lowest BCUT2D eigenvalue weighted by atomic mass is 10.0. The van der Waals surface area contributed by atoms with Crippen molar-refractivity contribution in [1.29, 1.82) is 0 Å². The first kappa shape index (κ1) is 13.1. The van der Waals surface area contributed by atoms with Crippen molar-refractivity contribution in [3.8, 4) is 5.75 Å². The van der Waals surface area contributed by atoms with Gasteiger partial charge in [0.15, 0.2) is 0 Å². The molecule has 4 heteroatoms. The molecule has 112 valence electrons. The van der Waals surface area contributed by atoms with E-state index in [0.717, 1.165) is 17.5 Å². The summed E-state index contributed by atoms with van der Waals surface area (Å²) in [5, 5.41) is 12.4. The molecule has 4 atom stereocenters. The Morgan fingerprint density at radius 3 is 2.67 bits per heavy atom. The van der Waals surface area contributed by atoms with Crippen molar-refractivity contribution in [2.75, 3.05) is 12.4 Å². The minimum atomic E-state index is -0.0916. The molecule has 4 unspecified atom stereocenters. The van der Waals surface area contributed by atoms with Gasteiger partial charge in [-0.3, -0.25) is 4.79 Å². The zero-order chi connectivity index (χ0) is 14.6. The van der Waals surface area contributed by atoms with E-state index in [1.165, 1.54) is 19.3 Å². The Balaban J connectivity index is 1.46. The first-order valence-electron chi connectivity index (χ1n) is 7.81. The SMILES string of the molecule is COc1ccc(NC(=O)C2C3C4CCC(C4)C23)cc1CO. The lowest BCUT2D eigenvalue weighted by molar-refractivity contribution is -0.118. The van der Waals surface area contributed by atoms with Crippen molar-refractivity contribution >= 4 is 11.6 Å². The van der Waals surface area contributed by atoms with Crippen LogP contribution in [0.5, 0.6) is 5.75 Å². The molecule has 0 saturated heterocycles. The zero-order valence-electron chi connectivity index (χ0n) is 12.2. The lowest BCUT2D eigenvalue weighted by Gasteiger charge is -2.12. The quantitative estimate of drug-likeness (QED) is 0.894. The van der Waals surface area contributed by atoms with Crippen molar-refractivity contribution in [2.24, 2.45) is 29.6 Å². The largest absolute Gasteiger partial charge is 0.496 e. The molecule has 4 nitrogen and oxygen atoms in total. The number of fused-ring (bicyclic) bond motifs is 5. The highest BCUT2D eigenvalue weighted by atomic mass is 16.5. The molecule has 4 rings (SSSR count). The van der Waals surface area contributed by atoms with E-state index in [2.05, 4.69) is 5.32 Å². The molecule has 0 aliphatic heterocycles. The number of benzene rings is 1. The molecule has 3 fully saturated rings. The summed E-state index contributed by atoms with van der Waals surface area (Å²) >= 11 is 0. The van der Waals surface area contributed by atoms with E-state index in [1.807, 2.05) is 6.07 Å². The average molecular weight is 287 g/mol. The number of aliphatic hydroxyl groups excluding tert-OH is 1. The number of carbonyl (C=O) groups is 1. The molecule has 0 aromatic heterocycles. The van der Waals surface area contributed by atoms with Crippen LogP contribution in [-0.4, -0.2) is 18.1 Å². The number of ether oxygens (including phenoxy) is 1. The second-order valence-electron chi connectivity index (χ2n) is 6.69. The van der Waals surface area contributed by atoms with Crippen LogP contribution in [0.4, 0.5) is 5.69 Å². The van der Waals surface area contributed by atoms with Gasteiger partial charge >= 0.3 is 0 Å². The number of rotatable bonds is 4. The summed E-state index contributed by atoms with van der Waals surface area (Å²) in [6, 6.07) is 5.42. The molecule has 0 radical (unpaired) electrons. The van der Waals surface area contributed by atoms with Crippen LogP contribution in [0.1, 0.15) is 24.8 Å². The van der Waals surface area contributed by atoms with E-state index in [0.29, 0.717) is 23.1 Å². The minimum absolute atomic E-state index is 0.0916. The molecular weight excluding hydrogens is 266 g/mol. The number of hydrogen-bond acceptors (Lipinski definition) is 3. The zero-order valence-corrected chi connectivity index (χ0v) is 12.2. The molecular formula is C17H21NO3. The van der Waals surface area contributed by atoms with E-state index in [-0.39, 0.29) is 18.4 Å². The number of hydrogen-bond donors (Lipinski definition) is 2. The number of methoxy groups -OCH3 is 1. The molecule has 0 spiro atoms. The summed E-state index contributed by atoms with van der Waals surface area (Å²) in [4.78, 5) is 12.5. The molecule has 1 amide bonds. The van der Waals surface area contributed by atoms with Gasteiger partial charge in [0, 0.05) is 17.2 Å². The van der Waals surface area contributed by atoms with E-state index in [4.69, 9.17) is 4.74 Å². The Bertz CT molecular complexity index is 569. The molecule has 0 heterocycles. The number of anilines is 1. The van der Waals surface area contributed by atoms with Gasteiger partial charge in [-0.15, -0.1) is 0 Å². The Morgan fingerprint density at radius 1 is 1.33 bits per heavy atom. The first-order chi connectivity index (χ1) is 10.2. The second kappa shape index (κ2) is 4.73. The Hall–Kier alpha value is -1.55. The van der Waals surface area contributed by atoms with Gasteiger partial charge in [-0.25, -0.2) is 0 Å². The molecule has 1 aromatic carbocycles. The fourth-order valence-electron chi connectivity index (χ4n) is 4.88. The third kappa shape index (κ3) is 1.96. The van der Waals surface area contributed by atoms with Crippen LogP contribution in [0.3, 0.4) is 0 Å². The second-order valence-corrected chi connectivity index (χ2v) is 6.69. The smallest absolute Gasteiger partial charge is 0.228 e. The average Bonchev–Trinajstić information content (AvgIpc) is 2.96. The monoisotopic (exact) mass is 287 g/mol. The highest BCUT2D eigenvalue weighted by molar-refractivity contribution is 5.95. The molecule has 21 heavy (non-hydrogen) atoms. The normalized spacial score (nSPS) is 35.4. The van der Waals surface area contributed by atoms with Crippen LogP contribution in [0, 0.1) is 29.6 Å². The van der Waals surface area contributed by atoms with Gasteiger partial charge in [-0.05, 0) is 61.1 Å². The Morgan fingerprint density at radius 2 is 2.05 bits per heavy atom. The van der Waals surface area contributed by atoms with Crippen molar-refractivity contribution < 1.29 is 14.6 Å². The fraction of sp³-hybridized carbons (Fsp3) is 0.588. The predicted molar refractivity (Wildman–Crippen MR) is 78.8 cm³/mol. The highest BCUT2D eigenvalue weighted by Gasteiger charge is 2.67. The highest BCUT2D eigenvalue weighted by Crippen LogP contribution is 2.69. The summed E-state index contributed by atoms with van der Waals surface area (Å²) in [6.45, 7) is -0.0916. The Labute approximate surface area is 124 Å². The van der Waals surface area contributed by atoms with Crippen LogP contribution in [-0.2, 0) is 11.4 Å². The third-order valence-corrected chi connectivity index (χ3v) is 5.76. The summed E-state index contributed by atoms with van der Waals surface area (Å²) in [5.74, 6) is 3.96. The minimum Gasteiger partial charge on any atom is -0.496 e. The van der Waals surface area contributed by atoms with Crippen LogP contribution < -0.4 is 10.1 Å². The summed E-state index contributed by atoms with van der Waals surface area (Å²) in [6.07, 6.45) is 4.01. The number of aliphatic hydroxyl groups is 1. The van der Waals surface area contributed by atoms with Gasteiger partial charge in [0.25, 0.3) is 0 Å². The topological polar surface area (TPSA) is 58.6 Å². The van der Waals surface area contributed by atoms with Crippen molar-refractivity contribution in [2.45, 2.75) is 25.9 Å². The maximum atomic E-state index is 12.5. The van der Waals surface area contributed by atoms with Gasteiger partial charge in [-0.1, -0.05) is 0 Å². The molecule has 2 bridgehead atoms. The van der Waals surface area contributed by atoms with Crippen LogP contribution in [0.2, 0.25) is 0 Å². The molecule has 3 aliphatic carbocycles. The molecule has 3 saturated carbocycles. The van der Waals surface area contributed by atoms with Crippen LogP contribution in [0.25, 0.3) is 0 Å². The van der Waals surface area contributed by atoms with Crippen molar-refractivity contribution in [3.05, 3.63) is 23.8 Å². The first-order valence-corrected chi connectivity index (χ1v) is 7.81. The van der Waals surface area contributed by atoms with Crippen molar-refractivity contribution in [1.82, 2.24) is 0 Å². The maximum Gasteiger partial charge on any atom is 0.228 e. The van der Waals surface area contributed by atoms with Gasteiger partial charge in [-0.2, -0.15) is 0 Å². The molecule has 2 N–H and O–H groups in total. The van der Waals surface area contributed by atoms with E-state index in [1.54, 1.807) is 19.2 Å². The summed E-state index contributed by atoms with van der Waals surface area (Å²) < 4.78 is 5.18. The Kier molecular flexibility index (Phi) is 2.96. The van der Waals surface area contributed by atoms with E-state index < -0.39 is 0 Å². The number of carbonyl (C=O) groups excluding carboxylic acids is 1. The molecule has 1 aromatic rings.